The molecule has 3 aromatic rings. The summed E-state index contributed by atoms with van der Waals surface area (Å²) in [6, 6.07) is 18.6. The quantitative estimate of drug-likeness (QED) is 0.433. The summed E-state index contributed by atoms with van der Waals surface area (Å²) in [4.78, 5) is 30.3. The number of piperidine rings is 1. The Balaban J connectivity index is 1.37. The molecule has 0 spiro atoms. The number of carbonyl (C=O) groups excluding carboxylic acids is 2. The molecule has 2 saturated heterocycles. The molecule has 0 N–H and O–H groups in total. The minimum absolute atomic E-state index is 0.0476. The molecular formula is C31H38N4O3. The minimum atomic E-state index is -0.522. The Hall–Kier alpha value is -3.61. The van der Waals surface area contributed by atoms with Crippen molar-refractivity contribution in [2.75, 3.05) is 26.2 Å². The third kappa shape index (κ3) is 5.62. The maximum Gasteiger partial charge on any atom is 0.410 e. The van der Waals surface area contributed by atoms with Crippen LogP contribution in [0.15, 0.2) is 60.8 Å². The molecule has 2 aromatic carbocycles. The number of hydrogen-bond acceptors (Lipinski definition) is 4. The van der Waals surface area contributed by atoms with Crippen molar-refractivity contribution < 1.29 is 14.3 Å². The van der Waals surface area contributed by atoms with Crippen LogP contribution in [-0.2, 0) is 4.74 Å². The molecule has 3 heterocycles. The fourth-order valence-electron chi connectivity index (χ4n) is 5.58. The van der Waals surface area contributed by atoms with E-state index in [2.05, 4.69) is 31.2 Å². The average molecular weight is 515 g/mol. The van der Waals surface area contributed by atoms with Gasteiger partial charge >= 0.3 is 6.09 Å². The summed E-state index contributed by atoms with van der Waals surface area (Å²) in [5.41, 5.74) is 4.58. The number of ether oxygens (including phenoxy) is 1. The third-order valence-electron chi connectivity index (χ3n) is 7.60. The van der Waals surface area contributed by atoms with Crippen LogP contribution in [0.3, 0.4) is 0 Å². The van der Waals surface area contributed by atoms with E-state index < -0.39 is 5.60 Å². The zero-order valence-corrected chi connectivity index (χ0v) is 22.9. The second kappa shape index (κ2) is 10.6. The van der Waals surface area contributed by atoms with Crippen molar-refractivity contribution in [2.45, 2.75) is 64.4 Å². The Morgan fingerprint density at radius 2 is 1.50 bits per heavy atom. The van der Waals surface area contributed by atoms with Gasteiger partial charge in [-0.05, 0) is 64.7 Å². The summed E-state index contributed by atoms with van der Waals surface area (Å²) < 4.78 is 7.51. The molecule has 0 saturated carbocycles. The first-order valence-corrected chi connectivity index (χ1v) is 13.7. The number of benzene rings is 2. The Bertz CT molecular complexity index is 1270. The predicted octanol–water partition coefficient (Wildman–Crippen LogP) is 5.92. The van der Waals surface area contributed by atoms with E-state index in [9.17, 15) is 9.59 Å². The number of hydrogen-bond donors (Lipinski definition) is 0. The minimum Gasteiger partial charge on any atom is -0.444 e. The van der Waals surface area contributed by atoms with E-state index in [0.717, 1.165) is 43.7 Å². The maximum absolute atomic E-state index is 13.9. The molecule has 0 aliphatic carbocycles. The molecule has 0 unspecified atom stereocenters. The smallest absolute Gasteiger partial charge is 0.410 e. The highest BCUT2D eigenvalue weighted by Gasteiger charge is 2.35. The molecule has 2 amide bonds. The normalized spacial score (nSPS) is 18.6. The van der Waals surface area contributed by atoms with Crippen LogP contribution < -0.4 is 0 Å². The Kier molecular flexibility index (Phi) is 7.28. The van der Waals surface area contributed by atoms with Crippen molar-refractivity contribution in [3.8, 4) is 5.69 Å². The van der Waals surface area contributed by atoms with Crippen molar-refractivity contribution in [3.05, 3.63) is 83.2 Å². The van der Waals surface area contributed by atoms with Crippen LogP contribution in [0.4, 0.5) is 4.79 Å². The Labute approximate surface area is 225 Å². The highest BCUT2D eigenvalue weighted by Crippen LogP contribution is 2.35. The fourth-order valence-corrected chi connectivity index (χ4v) is 5.58. The number of aryl methyl sites for hydroxylation is 1. The molecule has 200 valence electrons. The van der Waals surface area contributed by atoms with Gasteiger partial charge in [0.2, 0.25) is 0 Å². The lowest BCUT2D eigenvalue weighted by molar-refractivity contribution is 0.0203. The molecule has 2 aliphatic rings. The number of nitrogens with zero attached hydrogens (tertiary/aromatic N) is 4. The van der Waals surface area contributed by atoms with Gasteiger partial charge in [0.1, 0.15) is 5.60 Å². The number of aromatic nitrogens is 2. The number of likely N-dealkylation sites (tertiary alicyclic amines) is 2. The first kappa shape index (κ1) is 26.0. The summed E-state index contributed by atoms with van der Waals surface area (Å²) in [5, 5.41) is 4.71. The molecule has 38 heavy (non-hydrogen) atoms. The van der Waals surface area contributed by atoms with Crippen LogP contribution in [-0.4, -0.2) is 63.4 Å². The summed E-state index contributed by atoms with van der Waals surface area (Å²) in [7, 11) is 0. The van der Waals surface area contributed by atoms with E-state index in [0.29, 0.717) is 24.6 Å². The molecule has 7 nitrogen and oxygen atoms in total. The number of amides is 2. The van der Waals surface area contributed by atoms with Crippen LogP contribution >= 0.6 is 0 Å². The molecule has 5 rings (SSSR count). The summed E-state index contributed by atoms with van der Waals surface area (Å²) in [5.74, 6) is 0.515. The fraction of sp³-hybridized carbons (Fsp3) is 0.452. The third-order valence-corrected chi connectivity index (χ3v) is 7.60. The lowest BCUT2D eigenvalue weighted by Crippen LogP contribution is -2.41. The Morgan fingerprint density at radius 3 is 2.16 bits per heavy atom. The van der Waals surface area contributed by atoms with Crippen LogP contribution in [0.5, 0.6) is 0 Å². The first-order valence-electron chi connectivity index (χ1n) is 13.7. The van der Waals surface area contributed by atoms with Gasteiger partial charge in [-0.15, -0.1) is 0 Å². The molecule has 2 aliphatic heterocycles. The van der Waals surface area contributed by atoms with Gasteiger partial charge in [-0.3, -0.25) is 4.79 Å². The van der Waals surface area contributed by atoms with Crippen LogP contribution in [0.1, 0.15) is 79.0 Å². The SMILES string of the molecule is Cc1ccc([C@H]2CCN(C(=O)c3cnn(-c4ccccc4)c3C3CCN(C(=O)OC(C)(C)C)CC3)C2)cc1. The molecular weight excluding hydrogens is 476 g/mol. The molecule has 7 heteroatoms. The number of carbonyl (C=O) groups is 2. The topological polar surface area (TPSA) is 67.7 Å². The van der Waals surface area contributed by atoms with Gasteiger partial charge < -0.3 is 14.5 Å². The first-order chi connectivity index (χ1) is 18.2. The molecule has 0 bridgehead atoms. The zero-order chi connectivity index (χ0) is 26.9. The highest BCUT2D eigenvalue weighted by atomic mass is 16.6. The molecule has 0 radical (unpaired) electrons. The van der Waals surface area contributed by atoms with Crippen LogP contribution in [0.2, 0.25) is 0 Å². The van der Waals surface area contributed by atoms with Gasteiger partial charge in [0, 0.05) is 38.0 Å². The van der Waals surface area contributed by atoms with Crippen LogP contribution in [0, 0.1) is 6.92 Å². The average Bonchev–Trinajstić information content (AvgIpc) is 3.57. The van der Waals surface area contributed by atoms with Crippen molar-refractivity contribution in [1.29, 1.82) is 0 Å². The van der Waals surface area contributed by atoms with Crippen molar-refractivity contribution in [3.63, 3.8) is 0 Å². The van der Waals surface area contributed by atoms with Crippen LogP contribution in [0.25, 0.3) is 5.69 Å². The van der Waals surface area contributed by atoms with Crippen molar-refractivity contribution in [2.24, 2.45) is 0 Å². The summed E-state index contributed by atoms with van der Waals surface area (Å²) in [6.07, 6.45) is 3.94. The molecule has 2 fully saturated rings. The van der Waals surface area contributed by atoms with Crippen molar-refractivity contribution >= 4 is 12.0 Å². The second-order valence-electron chi connectivity index (χ2n) is 11.6. The highest BCUT2D eigenvalue weighted by molar-refractivity contribution is 5.95. The number of rotatable bonds is 4. The van der Waals surface area contributed by atoms with E-state index in [1.807, 2.05) is 60.7 Å². The monoisotopic (exact) mass is 514 g/mol. The zero-order valence-electron chi connectivity index (χ0n) is 22.9. The van der Waals surface area contributed by atoms with E-state index in [4.69, 9.17) is 9.84 Å². The Morgan fingerprint density at radius 1 is 0.868 bits per heavy atom. The van der Waals surface area contributed by atoms with E-state index in [1.54, 1.807) is 11.1 Å². The predicted molar refractivity (Wildman–Crippen MR) is 148 cm³/mol. The summed E-state index contributed by atoms with van der Waals surface area (Å²) in [6.45, 7) is 10.4. The summed E-state index contributed by atoms with van der Waals surface area (Å²) >= 11 is 0. The van der Waals surface area contributed by atoms with Gasteiger partial charge in [-0.25, -0.2) is 9.48 Å². The lowest BCUT2D eigenvalue weighted by Gasteiger charge is -2.34. The van der Waals surface area contributed by atoms with Gasteiger partial charge in [-0.2, -0.15) is 5.10 Å². The molecule has 1 aromatic heterocycles. The van der Waals surface area contributed by atoms with E-state index in [-0.39, 0.29) is 17.9 Å². The van der Waals surface area contributed by atoms with Gasteiger partial charge in [0.15, 0.2) is 0 Å². The van der Waals surface area contributed by atoms with Gasteiger partial charge in [0.05, 0.1) is 23.1 Å². The molecule has 1 atom stereocenters. The van der Waals surface area contributed by atoms with Crippen molar-refractivity contribution in [1.82, 2.24) is 19.6 Å². The van der Waals surface area contributed by atoms with Gasteiger partial charge in [-0.1, -0.05) is 48.0 Å². The van der Waals surface area contributed by atoms with E-state index >= 15 is 0 Å². The van der Waals surface area contributed by atoms with E-state index in [1.165, 1.54) is 11.1 Å². The second-order valence-corrected chi connectivity index (χ2v) is 11.6. The largest absolute Gasteiger partial charge is 0.444 e. The standard InChI is InChI=1S/C31H38N4O3/c1-22-10-12-23(13-11-22)25-16-19-34(21-25)29(36)27-20-32-35(26-8-6-5-7-9-26)28(27)24-14-17-33(18-15-24)30(37)38-31(2,3)4/h5-13,20,24-25H,14-19,21H2,1-4H3/t25-/m0/s1. The maximum atomic E-state index is 13.9. The lowest BCUT2D eigenvalue weighted by atomic mass is 9.90. The van der Waals surface area contributed by atoms with Gasteiger partial charge in [0.25, 0.3) is 5.91 Å². The number of para-hydroxylation sites is 1.